The quantitative estimate of drug-likeness (QED) is 0.850. The molecule has 148 valence electrons. The second-order valence-electron chi connectivity index (χ2n) is 7.66. The highest BCUT2D eigenvalue weighted by Crippen LogP contribution is 2.30. The lowest BCUT2D eigenvalue weighted by Crippen LogP contribution is -2.52. The number of carbonyl (C=O) groups excluding carboxylic acids is 1. The predicted molar refractivity (Wildman–Crippen MR) is 104 cm³/mol. The van der Waals surface area contributed by atoms with Crippen molar-refractivity contribution in [3.05, 3.63) is 71.3 Å². The fourth-order valence-corrected chi connectivity index (χ4v) is 3.75. The van der Waals surface area contributed by atoms with Gasteiger partial charge in [-0.25, -0.2) is 13.6 Å². The number of hydrogen-bond donors (Lipinski definition) is 1. The summed E-state index contributed by atoms with van der Waals surface area (Å²) >= 11 is 0. The van der Waals surface area contributed by atoms with Gasteiger partial charge < -0.3 is 10.2 Å². The minimum absolute atomic E-state index is 0.00617. The molecule has 2 aliphatic rings. The highest BCUT2D eigenvalue weighted by Gasteiger charge is 2.29. The molecule has 1 aliphatic heterocycles. The number of nitrogens with zero attached hydrogens (tertiary/aromatic N) is 2. The largest absolute Gasteiger partial charge is 0.338 e. The SMILES string of the molecule is O=C(NCC1CC1)N1CCN(C(c2ccc(F)cc2)c2ccc(F)cc2)CC1. The lowest BCUT2D eigenvalue weighted by atomic mass is 9.96. The van der Waals surface area contributed by atoms with Crippen LogP contribution in [0.3, 0.4) is 0 Å². The molecule has 1 saturated carbocycles. The molecule has 4 rings (SSSR count). The molecule has 2 amide bonds. The van der Waals surface area contributed by atoms with E-state index < -0.39 is 0 Å². The van der Waals surface area contributed by atoms with Crippen molar-refractivity contribution in [1.82, 2.24) is 15.1 Å². The van der Waals surface area contributed by atoms with Gasteiger partial charge in [0.2, 0.25) is 0 Å². The molecule has 2 aromatic rings. The number of piperazine rings is 1. The number of hydrogen-bond acceptors (Lipinski definition) is 2. The van der Waals surface area contributed by atoms with Crippen molar-refractivity contribution in [2.75, 3.05) is 32.7 Å². The van der Waals surface area contributed by atoms with Crippen LogP contribution in [0.15, 0.2) is 48.5 Å². The Balaban J connectivity index is 1.47. The molecule has 0 radical (unpaired) electrons. The predicted octanol–water partition coefficient (Wildman–Crippen LogP) is 3.79. The van der Waals surface area contributed by atoms with E-state index in [0.29, 0.717) is 32.1 Å². The van der Waals surface area contributed by atoms with Gasteiger partial charge in [0.05, 0.1) is 6.04 Å². The highest BCUT2D eigenvalue weighted by atomic mass is 19.1. The Bertz CT molecular complexity index is 752. The summed E-state index contributed by atoms with van der Waals surface area (Å²) in [4.78, 5) is 16.5. The second kappa shape index (κ2) is 8.27. The van der Waals surface area contributed by atoms with E-state index in [9.17, 15) is 13.6 Å². The standard InChI is InChI=1S/C22H25F2N3O/c23-19-7-3-17(4-8-19)21(18-5-9-20(24)10-6-18)26-11-13-27(14-12-26)22(28)25-15-16-1-2-16/h3-10,16,21H,1-2,11-15H2,(H,25,28). The van der Waals surface area contributed by atoms with E-state index in [-0.39, 0.29) is 23.7 Å². The van der Waals surface area contributed by atoms with Crippen molar-refractivity contribution < 1.29 is 13.6 Å². The van der Waals surface area contributed by atoms with Gasteiger partial charge in [0.1, 0.15) is 11.6 Å². The lowest BCUT2D eigenvalue weighted by Gasteiger charge is -2.39. The van der Waals surface area contributed by atoms with Crippen molar-refractivity contribution in [3.8, 4) is 0 Å². The molecule has 1 aliphatic carbocycles. The van der Waals surface area contributed by atoms with Crippen molar-refractivity contribution in [3.63, 3.8) is 0 Å². The average molecular weight is 385 g/mol. The zero-order valence-corrected chi connectivity index (χ0v) is 15.8. The Labute approximate surface area is 164 Å². The van der Waals surface area contributed by atoms with Crippen LogP contribution in [0.2, 0.25) is 0 Å². The maximum absolute atomic E-state index is 13.4. The maximum atomic E-state index is 13.4. The topological polar surface area (TPSA) is 35.6 Å². The Morgan fingerprint density at radius 2 is 1.39 bits per heavy atom. The molecule has 1 heterocycles. The molecule has 4 nitrogen and oxygen atoms in total. The van der Waals surface area contributed by atoms with Crippen molar-refractivity contribution in [2.24, 2.45) is 5.92 Å². The Hall–Kier alpha value is -2.47. The van der Waals surface area contributed by atoms with Gasteiger partial charge in [-0.05, 0) is 54.2 Å². The first-order valence-electron chi connectivity index (χ1n) is 9.88. The number of rotatable bonds is 5. The van der Waals surface area contributed by atoms with E-state index in [1.807, 2.05) is 4.90 Å². The first kappa shape index (κ1) is 18.9. The van der Waals surface area contributed by atoms with Gasteiger partial charge in [-0.3, -0.25) is 4.90 Å². The van der Waals surface area contributed by atoms with E-state index >= 15 is 0 Å². The van der Waals surface area contributed by atoms with Gasteiger partial charge >= 0.3 is 6.03 Å². The van der Waals surface area contributed by atoms with Crippen molar-refractivity contribution in [1.29, 1.82) is 0 Å². The molecule has 28 heavy (non-hydrogen) atoms. The van der Waals surface area contributed by atoms with Gasteiger partial charge in [-0.2, -0.15) is 0 Å². The van der Waals surface area contributed by atoms with Crippen LogP contribution < -0.4 is 5.32 Å². The van der Waals surface area contributed by atoms with Crippen molar-refractivity contribution >= 4 is 6.03 Å². The molecule has 1 saturated heterocycles. The summed E-state index contributed by atoms with van der Waals surface area (Å²) in [6, 6.07) is 12.8. The lowest BCUT2D eigenvalue weighted by molar-refractivity contribution is 0.120. The zero-order chi connectivity index (χ0) is 19.5. The monoisotopic (exact) mass is 385 g/mol. The number of urea groups is 1. The summed E-state index contributed by atoms with van der Waals surface area (Å²) in [7, 11) is 0. The third kappa shape index (κ3) is 4.50. The Morgan fingerprint density at radius 1 is 0.893 bits per heavy atom. The molecule has 0 spiro atoms. The van der Waals surface area contributed by atoms with Crippen LogP contribution in [-0.4, -0.2) is 48.6 Å². The third-order valence-electron chi connectivity index (χ3n) is 5.58. The summed E-state index contributed by atoms with van der Waals surface area (Å²) < 4.78 is 26.8. The Morgan fingerprint density at radius 3 is 1.86 bits per heavy atom. The highest BCUT2D eigenvalue weighted by molar-refractivity contribution is 5.74. The second-order valence-corrected chi connectivity index (χ2v) is 7.66. The fraction of sp³-hybridized carbons (Fsp3) is 0.409. The van der Waals surface area contributed by atoms with Gasteiger partial charge in [0.15, 0.2) is 0 Å². The van der Waals surface area contributed by atoms with Gasteiger partial charge in [-0.1, -0.05) is 24.3 Å². The third-order valence-corrected chi connectivity index (χ3v) is 5.58. The van der Waals surface area contributed by atoms with Crippen LogP contribution in [0, 0.1) is 17.6 Å². The molecule has 0 atom stereocenters. The number of amides is 2. The summed E-state index contributed by atoms with van der Waals surface area (Å²) in [5.41, 5.74) is 1.92. The molecule has 0 unspecified atom stereocenters. The molecule has 2 aromatic carbocycles. The van der Waals surface area contributed by atoms with Crippen LogP contribution in [0.25, 0.3) is 0 Å². The van der Waals surface area contributed by atoms with Crippen LogP contribution in [-0.2, 0) is 0 Å². The first-order chi connectivity index (χ1) is 13.6. The number of benzene rings is 2. The van der Waals surface area contributed by atoms with E-state index in [2.05, 4.69) is 10.2 Å². The van der Waals surface area contributed by atoms with Crippen LogP contribution in [0.4, 0.5) is 13.6 Å². The smallest absolute Gasteiger partial charge is 0.317 e. The summed E-state index contributed by atoms with van der Waals surface area (Å²) in [5.74, 6) is 0.101. The van der Waals surface area contributed by atoms with E-state index in [0.717, 1.165) is 17.7 Å². The Kier molecular flexibility index (Phi) is 5.57. The van der Waals surface area contributed by atoms with Crippen LogP contribution in [0.1, 0.15) is 30.0 Å². The summed E-state index contributed by atoms with van der Waals surface area (Å²) in [5, 5.41) is 3.02. The van der Waals surface area contributed by atoms with Gasteiger partial charge in [0, 0.05) is 32.7 Å². The number of halogens is 2. The molecule has 0 bridgehead atoms. The molecular formula is C22H25F2N3O. The minimum Gasteiger partial charge on any atom is -0.338 e. The van der Waals surface area contributed by atoms with Crippen LogP contribution in [0.5, 0.6) is 0 Å². The normalized spacial score (nSPS) is 17.8. The summed E-state index contributed by atoms with van der Waals surface area (Å²) in [6.07, 6.45) is 2.43. The van der Waals surface area contributed by atoms with Crippen LogP contribution >= 0.6 is 0 Å². The van der Waals surface area contributed by atoms with E-state index in [4.69, 9.17) is 0 Å². The fourth-order valence-electron chi connectivity index (χ4n) is 3.75. The number of carbonyl (C=O) groups is 1. The molecule has 0 aromatic heterocycles. The molecule has 2 fully saturated rings. The molecule has 1 N–H and O–H groups in total. The maximum Gasteiger partial charge on any atom is 0.317 e. The van der Waals surface area contributed by atoms with E-state index in [1.54, 1.807) is 24.3 Å². The van der Waals surface area contributed by atoms with Gasteiger partial charge in [0.25, 0.3) is 0 Å². The van der Waals surface area contributed by atoms with Crippen molar-refractivity contribution in [2.45, 2.75) is 18.9 Å². The molecule has 6 heteroatoms. The first-order valence-corrected chi connectivity index (χ1v) is 9.88. The van der Waals surface area contributed by atoms with E-state index in [1.165, 1.54) is 37.1 Å². The summed E-state index contributed by atoms with van der Waals surface area (Å²) in [6.45, 7) is 3.45. The zero-order valence-electron chi connectivity index (χ0n) is 15.8. The minimum atomic E-state index is -0.279. The molecular weight excluding hydrogens is 360 g/mol. The average Bonchev–Trinajstić information content (AvgIpc) is 3.54. The van der Waals surface area contributed by atoms with Gasteiger partial charge in [-0.15, -0.1) is 0 Å². The number of nitrogens with one attached hydrogen (secondary N) is 1.